The summed E-state index contributed by atoms with van der Waals surface area (Å²) in [6.07, 6.45) is 0. The van der Waals surface area contributed by atoms with Gasteiger partial charge in [-0.1, -0.05) is 18.2 Å². The Balaban J connectivity index is 0.00000108. The zero-order valence-corrected chi connectivity index (χ0v) is 18.3. The highest BCUT2D eigenvalue weighted by Gasteiger charge is 2.42. The minimum atomic E-state index is -3.09. The van der Waals surface area contributed by atoms with Crippen molar-refractivity contribution in [1.29, 1.82) is 0 Å². The molecule has 0 saturated carbocycles. The highest BCUT2D eigenvalue weighted by Crippen LogP contribution is 2.41. The van der Waals surface area contributed by atoms with Crippen LogP contribution in [0.15, 0.2) is 65.7 Å². The van der Waals surface area contributed by atoms with E-state index in [1.807, 2.05) is 0 Å². The van der Waals surface area contributed by atoms with Crippen LogP contribution in [0.3, 0.4) is 0 Å². The number of alkyl halides is 2. The molecule has 1 atom stereocenters. The molecule has 0 bridgehead atoms. The fourth-order valence-electron chi connectivity index (χ4n) is 3.68. The van der Waals surface area contributed by atoms with Crippen LogP contribution >= 0.6 is 0 Å². The topological polar surface area (TPSA) is 103 Å². The molecule has 3 N–H and O–H groups in total. The molecule has 0 fully saturated rings. The minimum absolute atomic E-state index is 0.0443. The van der Waals surface area contributed by atoms with Gasteiger partial charge in [0.15, 0.2) is 5.54 Å². The largest absolute Gasteiger partial charge is 0.497 e. The molecule has 3 aromatic rings. The van der Waals surface area contributed by atoms with E-state index in [0.29, 0.717) is 16.9 Å². The summed E-state index contributed by atoms with van der Waals surface area (Å²) in [7, 11) is 1.47. The molecule has 0 aromatic heterocycles. The predicted octanol–water partition coefficient (Wildman–Crippen LogP) is 4.53. The van der Waals surface area contributed by atoms with Crippen molar-refractivity contribution in [3.8, 4) is 22.6 Å². The maximum Gasteiger partial charge on any atom is 0.387 e. The Kier molecular flexibility index (Phi) is 7.80. The summed E-state index contributed by atoms with van der Waals surface area (Å²) >= 11 is 0. The molecular formula is C24H20F4N2O5. The van der Waals surface area contributed by atoms with Gasteiger partial charge in [0.1, 0.15) is 29.7 Å². The monoisotopic (exact) mass is 492 g/mol. The van der Waals surface area contributed by atoms with Gasteiger partial charge in [-0.25, -0.2) is 13.8 Å². The van der Waals surface area contributed by atoms with E-state index in [2.05, 4.69) is 9.73 Å². The van der Waals surface area contributed by atoms with Crippen LogP contribution in [0.25, 0.3) is 11.1 Å². The Labute approximate surface area is 197 Å². The van der Waals surface area contributed by atoms with Gasteiger partial charge in [-0.15, -0.1) is 0 Å². The number of hydrogen-bond donors (Lipinski definition) is 2. The lowest BCUT2D eigenvalue weighted by molar-refractivity contribution is -0.122. The minimum Gasteiger partial charge on any atom is -0.497 e. The number of methoxy groups -OCH3 is 1. The van der Waals surface area contributed by atoms with Crippen LogP contribution in [0.5, 0.6) is 11.5 Å². The zero-order valence-electron chi connectivity index (χ0n) is 18.3. The van der Waals surface area contributed by atoms with Crippen molar-refractivity contribution in [3.05, 3.63) is 83.4 Å². The van der Waals surface area contributed by atoms with Crippen molar-refractivity contribution < 1.29 is 41.7 Å². The first-order chi connectivity index (χ1) is 16.7. The van der Waals surface area contributed by atoms with Gasteiger partial charge in [0.25, 0.3) is 12.5 Å². The number of aliphatic imine (C=N–C) groups is 1. The number of carbonyl (C=O) groups is 1. The Morgan fingerprint density at radius 2 is 1.80 bits per heavy atom. The number of halogens is 4. The Morgan fingerprint density at radius 1 is 1.09 bits per heavy atom. The molecule has 0 amide bonds. The van der Waals surface area contributed by atoms with E-state index in [0.717, 1.165) is 6.07 Å². The first-order valence-electron chi connectivity index (χ1n) is 9.99. The van der Waals surface area contributed by atoms with Gasteiger partial charge in [-0.05, 0) is 47.5 Å². The molecule has 1 unspecified atom stereocenters. The number of nitrogens with zero attached hydrogens (tertiary/aromatic N) is 1. The van der Waals surface area contributed by atoms with E-state index in [1.54, 1.807) is 30.3 Å². The number of hydrogen-bond acceptors (Lipinski definition) is 6. The summed E-state index contributed by atoms with van der Waals surface area (Å²) in [6, 6.07) is 14.2. The first-order valence-corrected chi connectivity index (χ1v) is 9.99. The van der Waals surface area contributed by atoms with Crippen LogP contribution in [0.2, 0.25) is 0 Å². The van der Waals surface area contributed by atoms with Crippen molar-refractivity contribution in [2.24, 2.45) is 10.7 Å². The van der Waals surface area contributed by atoms with Crippen molar-refractivity contribution in [1.82, 2.24) is 0 Å². The normalized spacial score (nSPS) is 16.6. The zero-order chi connectivity index (χ0) is 25.6. The Bertz CT molecular complexity index is 1240. The fraction of sp³-hybridized carbons (Fsp3) is 0.167. The summed E-state index contributed by atoms with van der Waals surface area (Å²) in [5, 5.41) is 6.89. The van der Waals surface area contributed by atoms with E-state index >= 15 is 4.39 Å². The molecule has 0 spiro atoms. The quantitative estimate of drug-likeness (QED) is 0.387. The van der Waals surface area contributed by atoms with Gasteiger partial charge < -0.3 is 25.1 Å². The summed E-state index contributed by atoms with van der Waals surface area (Å²) in [5.74, 6) is -1.17. The molecule has 4 rings (SSSR count). The van der Waals surface area contributed by atoms with Crippen LogP contribution in [0, 0.1) is 11.6 Å². The van der Waals surface area contributed by atoms with E-state index < -0.39 is 23.8 Å². The molecule has 184 valence electrons. The van der Waals surface area contributed by atoms with Gasteiger partial charge in [0, 0.05) is 17.2 Å². The molecule has 0 radical (unpaired) electrons. The molecule has 35 heavy (non-hydrogen) atoms. The summed E-state index contributed by atoms with van der Waals surface area (Å²) < 4.78 is 69.3. The molecule has 3 aromatic carbocycles. The molecule has 1 heterocycles. The van der Waals surface area contributed by atoms with Crippen molar-refractivity contribution >= 4 is 12.5 Å². The summed E-state index contributed by atoms with van der Waals surface area (Å²) in [4.78, 5) is 12.7. The third kappa shape index (κ3) is 5.45. The standard InChI is InChI=1S/C23H18F4N2O3.CH2O2/c1-30-15-6-8-19(24)17(10-15)13-3-2-4-14(9-13)23(12-31-22(28)29-23)18-7-5-16(11-20(18)25)32-21(26)27;2-1-3/h2-11,21H,12H2,1H3,(H2,28,29);1H,(H,2,3). The summed E-state index contributed by atoms with van der Waals surface area (Å²) in [5.41, 5.74) is 5.64. The molecule has 0 aliphatic carbocycles. The second kappa shape index (κ2) is 10.8. The van der Waals surface area contributed by atoms with Crippen LogP contribution < -0.4 is 15.2 Å². The smallest absolute Gasteiger partial charge is 0.387 e. The Hall–Kier alpha value is -4.28. The summed E-state index contributed by atoms with van der Waals surface area (Å²) in [6.45, 7) is -3.47. The predicted molar refractivity (Wildman–Crippen MR) is 118 cm³/mol. The number of amidine groups is 1. The van der Waals surface area contributed by atoms with Crippen molar-refractivity contribution in [2.45, 2.75) is 12.2 Å². The number of nitrogens with two attached hydrogens (primary N) is 1. The average Bonchev–Trinajstić information content (AvgIpc) is 3.22. The number of benzene rings is 3. The highest BCUT2D eigenvalue weighted by atomic mass is 19.3. The second-order valence-corrected chi connectivity index (χ2v) is 7.15. The van der Waals surface area contributed by atoms with E-state index in [4.69, 9.17) is 25.1 Å². The van der Waals surface area contributed by atoms with Gasteiger partial charge in [-0.2, -0.15) is 8.78 Å². The lowest BCUT2D eigenvalue weighted by Gasteiger charge is -2.26. The Morgan fingerprint density at radius 3 is 2.40 bits per heavy atom. The van der Waals surface area contributed by atoms with Crippen LogP contribution in [-0.2, 0) is 15.1 Å². The molecular weight excluding hydrogens is 472 g/mol. The SMILES string of the molecule is COc1ccc(F)c(-c2cccc(C3(c4ccc(OC(F)F)cc4F)COC(N)=N3)c2)c1.O=CO. The van der Waals surface area contributed by atoms with Crippen LogP contribution in [-0.4, -0.2) is 37.9 Å². The third-order valence-corrected chi connectivity index (χ3v) is 5.17. The van der Waals surface area contributed by atoms with Crippen LogP contribution in [0.4, 0.5) is 17.6 Å². The average molecular weight is 492 g/mol. The van der Waals surface area contributed by atoms with E-state index in [-0.39, 0.29) is 36.0 Å². The molecule has 7 nitrogen and oxygen atoms in total. The first kappa shape index (κ1) is 25.3. The number of ether oxygens (including phenoxy) is 3. The maximum absolute atomic E-state index is 15.0. The van der Waals surface area contributed by atoms with Crippen LogP contribution in [0.1, 0.15) is 11.1 Å². The second-order valence-electron chi connectivity index (χ2n) is 7.15. The lowest BCUT2D eigenvalue weighted by Crippen LogP contribution is -2.28. The molecule has 11 heteroatoms. The molecule has 0 saturated heterocycles. The fourth-order valence-corrected chi connectivity index (χ4v) is 3.68. The van der Waals surface area contributed by atoms with Gasteiger partial charge in [-0.3, -0.25) is 4.79 Å². The van der Waals surface area contributed by atoms with Crippen molar-refractivity contribution in [3.63, 3.8) is 0 Å². The lowest BCUT2D eigenvalue weighted by atomic mass is 9.82. The van der Waals surface area contributed by atoms with Crippen molar-refractivity contribution in [2.75, 3.05) is 13.7 Å². The maximum atomic E-state index is 15.0. The van der Waals surface area contributed by atoms with Gasteiger partial charge in [0.05, 0.1) is 7.11 Å². The highest BCUT2D eigenvalue weighted by molar-refractivity contribution is 5.76. The van der Waals surface area contributed by atoms with E-state index in [9.17, 15) is 13.2 Å². The van der Waals surface area contributed by atoms with Gasteiger partial charge in [0.2, 0.25) is 0 Å². The molecule has 1 aliphatic rings. The molecule has 1 aliphatic heterocycles. The third-order valence-electron chi connectivity index (χ3n) is 5.17. The number of carboxylic acid groups (broad SMARTS) is 1. The van der Waals surface area contributed by atoms with E-state index in [1.165, 1.54) is 31.4 Å². The van der Waals surface area contributed by atoms with Gasteiger partial charge >= 0.3 is 6.61 Å². The number of rotatable bonds is 6.